The van der Waals surface area contributed by atoms with Gasteiger partial charge < -0.3 is 4.52 Å². The van der Waals surface area contributed by atoms with E-state index in [1.54, 1.807) is 18.2 Å². The molecule has 0 N–H and O–H groups in total. The van der Waals surface area contributed by atoms with E-state index in [2.05, 4.69) is 10.1 Å². The maximum Gasteiger partial charge on any atom is 0.243 e. The molecule has 2 aromatic carbocycles. The summed E-state index contributed by atoms with van der Waals surface area (Å²) in [5.74, 6) is 0.769. The third-order valence-electron chi connectivity index (χ3n) is 4.77. The Hall–Kier alpha value is -2.19. The fourth-order valence-electron chi connectivity index (χ4n) is 3.26. The van der Waals surface area contributed by atoms with E-state index in [1.807, 2.05) is 36.4 Å². The minimum absolute atomic E-state index is 0.233. The molecule has 0 unspecified atom stereocenters. The molecule has 0 amide bonds. The van der Waals surface area contributed by atoms with Gasteiger partial charge in [-0.3, -0.25) is 4.90 Å². The summed E-state index contributed by atoms with van der Waals surface area (Å²) in [6.07, 6.45) is 0. The Bertz CT molecular complexity index is 1050. The van der Waals surface area contributed by atoms with Crippen molar-refractivity contribution in [2.45, 2.75) is 11.4 Å². The molecule has 0 saturated carbocycles. The van der Waals surface area contributed by atoms with Gasteiger partial charge in [0, 0.05) is 42.8 Å². The lowest BCUT2D eigenvalue weighted by Crippen LogP contribution is -2.48. The molecule has 0 bridgehead atoms. The number of halogens is 1. The second kappa shape index (κ2) is 8.05. The highest BCUT2D eigenvalue weighted by Crippen LogP contribution is 2.23. The zero-order valence-electron chi connectivity index (χ0n) is 15.2. The summed E-state index contributed by atoms with van der Waals surface area (Å²) in [5, 5.41) is 4.55. The molecule has 1 aromatic heterocycles. The maximum absolute atomic E-state index is 12.8. The molecule has 3 aromatic rings. The van der Waals surface area contributed by atoms with Gasteiger partial charge in [0.15, 0.2) is 5.76 Å². The summed E-state index contributed by atoms with van der Waals surface area (Å²) in [7, 11) is -3.53. The number of benzene rings is 2. The molecular weight excluding hydrogens is 398 g/mol. The molecule has 146 valence electrons. The van der Waals surface area contributed by atoms with Gasteiger partial charge in [0.1, 0.15) is 5.69 Å². The van der Waals surface area contributed by atoms with Crippen LogP contribution in [-0.4, -0.2) is 49.0 Å². The number of sulfonamides is 1. The van der Waals surface area contributed by atoms with Gasteiger partial charge in [-0.25, -0.2) is 8.42 Å². The smallest absolute Gasteiger partial charge is 0.243 e. The Balaban J connectivity index is 1.38. The van der Waals surface area contributed by atoms with Crippen LogP contribution in [0.1, 0.15) is 5.76 Å². The largest absolute Gasteiger partial charge is 0.359 e. The van der Waals surface area contributed by atoms with Crippen molar-refractivity contribution >= 4 is 21.6 Å². The van der Waals surface area contributed by atoms with Crippen molar-refractivity contribution in [2.75, 3.05) is 26.2 Å². The zero-order valence-corrected chi connectivity index (χ0v) is 16.7. The molecule has 0 atom stereocenters. The first kappa shape index (κ1) is 19.1. The topological polar surface area (TPSA) is 66.7 Å². The van der Waals surface area contributed by atoms with Gasteiger partial charge in [-0.1, -0.05) is 53.2 Å². The van der Waals surface area contributed by atoms with E-state index < -0.39 is 10.0 Å². The SMILES string of the molecule is O=S(=O)(c1cccc(Cl)c1)N1CCN(Cc2cc(-c3ccccc3)no2)CC1. The lowest BCUT2D eigenvalue weighted by atomic mass is 10.1. The first-order valence-electron chi connectivity index (χ1n) is 9.01. The Morgan fingerprint density at radius 2 is 1.71 bits per heavy atom. The van der Waals surface area contributed by atoms with Crippen molar-refractivity contribution in [3.63, 3.8) is 0 Å². The van der Waals surface area contributed by atoms with Crippen LogP contribution in [0.25, 0.3) is 11.3 Å². The fourth-order valence-corrected chi connectivity index (χ4v) is 4.98. The van der Waals surface area contributed by atoms with Crippen molar-refractivity contribution in [3.8, 4) is 11.3 Å². The second-order valence-electron chi connectivity index (χ2n) is 6.68. The Morgan fingerprint density at radius 1 is 0.964 bits per heavy atom. The van der Waals surface area contributed by atoms with Gasteiger partial charge in [0.2, 0.25) is 10.0 Å². The van der Waals surface area contributed by atoms with E-state index in [0.717, 1.165) is 17.0 Å². The molecule has 0 aliphatic carbocycles. The van der Waals surface area contributed by atoms with Crippen LogP contribution in [0.4, 0.5) is 0 Å². The Morgan fingerprint density at radius 3 is 2.43 bits per heavy atom. The first-order chi connectivity index (χ1) is 13.5. The van der Waals surface area contributed by atoms with E-state index in [1.165, 1.54) is 10.4 Å². The van der Waals surface area contributed by atoms with Gasteiger partial charge in [-0.05, 0) is 18.2 Å². The normalized spacial score (nSPS) is 16.3. The highest BCUT2D eigenvalue weighted by Gasteiger charge is 2.29. The minimum atomic E-state index is -3.53. The number of nitrogens with zero attached hydrogens (tertiary/aromatic N) is 3. The van der Waals surface area contributed by atoms with Crippen molar-refractivity contribution < 1.29 is 12.9 Å². The number of hydrogen-bond donors (Lipinski definition) is 0. The lowest BCUT2D eigenvalue weighted by molar-refractivity contribution is 0.166. The van der Waals surface area contributed by atoms with Gasteiger partial charge in [0.25, 0.3) is 0 Å². The van der Waals surface area contributed by atoms with Crippen LogP contribution in [0, 0.1) is 0 Å². The summed E-state index contributed by atoms with van der Waals surface area (Å²) in [6.45, 7) is 2.70. The molecule has 1 fully saturated rings. The number of rotatable bonds is 5. The quantitative estimate of drug-likeness (QED) is 0.635. The minimum Gasteiger partial charge on any atom is -0.359 e. The summed E-state index contributed by atoms with van der Waals surface area (Å²) >= 11 is 5.94. The third kappa shape index (κ3) is 4.12. The fraction of sp³-hybridized carbons (Fsp3) is 0.250. The molecule has 6 nitrogen and oxygen atoms in total. The zero-order chi connectivity index (χ0) is 19.6. The second-order valence-corrected chi connectivity index (χ2v) is 9.06. The van der Waals surface area contributed by atoms with Gasteiger partial charge in [-0.2, -0.15) is 4.31 Å². The highest BCUT2D eigenvalue weighted by molar-refractivity contribution is 7.89. The Kier molecular flexibility index (Phi) is 5.50. The van der Waals surface area contributed by atoms with Crippen molar-refractivity contribution in [2.24, 2.45) is 0 Å². The van der Waals surface area contributed by atoms with Crippen LogP contribution in [0.3, 0.4) is 0 Å². The number of piperazine rings is 1. The summed E-state index contributed by atoms with van der Waals surface area (Å²) in [5.41, 5.74) is 1.81. The molecule has 1 aliphatic rings. The molecule has 1 saturated heterocycles. The monoisotopic (exact) mass is 417 g/mol. The molecule has 0 spiro atoms. The van der Waals surface area contributed by atoms with Crippen LogP contribution in [-0.2, 0) is 16.6 Å². The maximum atomic E-state index is 12.8. The van der Waals surface area contributed by atoms with Crippen LogP contribution in [0.5, 0.6) is 0 Å². The summed E-state index contributed by atoms with van der Waals surface area (Å²) in [6, 6.07) is 18.2. The highest BCUT2D eigenvalue weighted by atomic mass is 35.5. The van der Waals surface area contributed by atoms with Gasteiger partial charge >= 0.3 is 0 Å². The van der Waals surface area contributed by atoms with E-state index >= 15 is 0 Å². The lowest BCUT2D eigenvalue weighted by Gasteiger charge is -2.33. The average molecular weight is 418 g/mol. The third-order valence-corrected chi connectivity index (χ3v) is 6.90. The molecule has 28 heavy (non-hydrogen) atoms. The van der Waals surface area contributed by atoms with E-state index in [4.69, 9.17) is 16.1 Å². The number of aromatic nitrogens is 1. The number of hydrogen-bond acceptors (Lipinski definition) is 5. The van der Waals surface area contributed by atoms with Crippen LogP contribution in [0.15, 0.2) is 70.1 Å². The van der Waals surface area contributed by atoms with Gasteiger partial charge in [0.05, 0.1) is 11.4 Å². The van der Waals surface area contributed by atoms with Crippen LogP contribution < -0.4 is 0 Å². The molecule has 4 rings (SSSR count). The van der Waals surface area contributed by atoms with E-state index in [-0.39, 0.29) is 4.90 Å². The van der Waals surface area contributed by atoms with Crippen molar-refractivity contribution in [1.29, 1.82) is 0 Å². The van der Waals surface area contributed by atoms with E-state index in [9.17, 15) is 8.42 Å². The Labute approximate surface area is 169 Å². The molecule has 8 heteroatoms. The molecular formula is C20H20ClN3O3S. The standard InChI is InChI=1S/C20H20ClN3O3S/c21-17-7-4-8-19(13-17)28(25,26)24-11-9-23(10-12-24)15-18-14-20(22-27-18)16-5-2-1-3-6-16/h1-8,13-14H,9-12,15H2. The molecule has 2 heterocycles. The average Bonchev–Trinajstić information content (AvgIpc) is 3.18. The van der Waals surface area contributed by atoms with Crippen LogP contribution in [0.2, 0.25) is 5.02 Å². The first-order valence-corrected chi connectivity index (χ1v) is 10.8. The van der Waals surface area contributed by atoms with Gasteiger partial charge in [-0.15, -0.1) is 0 Å². The molecule has 0 radical (unpaired) electrons. The van der Waals surface area contributed by atoms with Crippen molar-refractivity contribution in [3.05, 3.63) is 71.4 Å². The van der Waals surface area contributed by atoms with Crippen LogP contribution >= 0.6 is 11.6 Å². The predicted octanol–water partition coefficient (Wildman–Crippen LogP) is 3.50. The molecule has 1 aliphatic heterocycles. The predicted molar refractivity (Wildman–Crippen MR) is 107 cm³/mol. The van der Waals surface area contributed by atoms with E-state index in [0.29, 0.717) is 37.7 Å². The van der Waals surface area contributed by atoms with Crippen molar-refractivity contribution in [1.82, 2.24) is 14.4 Å². The summed E-state index contributed by atoms with van der Waals surface area (Å²) < 4.78 is 32.5. The summed E-state index contributed by atoms with van der Waals surface area (Å²) in [4.78, 5) is 2.40.